The van der Waals surface area contributed by atoms with Gasteiger partial charge in [0.1, 0.15) is 0 Å². The molecule has 168 valence electrons. The molecule has 32 heavy (non-hydrogen) atoms. The van der Waals surface area contributed by atoms with Crippen LogP contribution in [-0.2, 0) is 23.1 Å². The van der Waals surface area contributed by atoms with Crippen molar-refractivity contribution in [2.24, 2.45) is 0 Å². The van der Waals surface area contributed by atoms with Gasteiger partial charge in [-0.2, -0.15) is 0 Å². The van der Waals surface area contributed by atoms with Crippen molar-refractivity contribution in [3.05, 3.63) is 94.5 Å². The number of carbonyl (C=O) groups excluding carboxylic acids is 1. The molecule has 0 bridgehead atoms. The summed E-state index contributed by atoms with van der Waals surface area (Å²) < 4.78 is 28.1. The quantitative estimate of drug-likeness (QED) is 0.541. The normalized spacial score (nSPS) is 11.4. The van der Waals surface area contributed by atoms with E-state index in [2.05, 4.69) is 21.0 Å². The molecule has 0 radical (unpaired) electrons. The van der Waals surface area contributed by atoms with Crippen LogP contribution in [0.15, 0.2) is 71.6 Å². The van der Waals surface area contributed by atoms with Gasteiger partial charge in [-0.1, -0.05) is 36.4 Å². The summed E-state index contributed by atoms with van der Waals surface area (Å²) in [6.45, 7) is 4.83. The first-order valence-corrected chi connectivity index (χ1v) is 11.8. The molecule has 0 unspecified atom stereocenters. The first-order valence-electron chi connectivity index (χ1n) is 10.4. The highest BCUT2D eigenvalue weighted by Crippen LogP contribution is 2.21. The van der Waals surface area contributed by atoms with E-state index in [1.54, 1.807) is 43.3 Å². The SMILES string of the molecule is Cc1ccc(C)c(S(=O)(=O)Nc2ccc(C(=O)NCc3ccccc3CN(C)C)cc2)c1. The summed E-state index contributed by atoms with van der Waals surface area (Å²) in [7, 11) is 0.296. The monoisotopic (exact) mass is 451 g/mol. The molecule has 0 spiro atoms. The molecule has 0 saturated heterocycles. The van der Waals surface area contributed by atoms with Crippen LogP contribution < -0.4 is 10.0 Å². The predicted molar refractivity (Wildman–Crippen MR) is 128 cm³/mol. The third kappa shape index (κ3) is 5.96. The minimum absolute atomic E-state index is 0.214. The van der Waals surface area contributed by atoms with Crippen LogP contribution in [0.25, 0.3) is 0 Å². The molecule has 3 aromatic carbocycles. The maximum absolute atomic E-state index is 12.8. The lowest BCUT2D eigenvalue weighted by molar-refractivity contribution is 0.0951. The molecule has 0 aliphatic rings. The smallest absolute Gasteiger partial charge is 0.262 e. The third-order valence-corrected chi connectivity index (χ3v) is 6.60. The van der Waals surface area contributed by atoms with E-state index in [1.807, 2.05) is 45.3 Å². The van der Waals surface area contributed by atoms with Crippen molar-refractivity contribution < 1.29 is 13.2 Å². The highest BCUT2D eigenvalue weighted by Gasteiger charge is 2.17. The summed E-state index contributed by atoms with van der Waals surface area (Å²) in [6.07, 6.45) is 0. The van der Waals surface area contributed by atoms with Gasteiger partial charge in [0, 0.05) is 24.3 Å². The number of hydrogen-bond donors (Lipinski definition) is 2. The molecule has 7 heteroatoms. The number of hydrogen-bond acceptors (Lipinski definition) is 4. The highest BCUT2D eigenvalue weighted by molar-refractivity contribution is 7.92. The fourth-order valence-electron chi connectivity index (χ4n) is 3.40. The van der Waals surface area contributed by atoms with Crippen LogP contribution in [0.4, 0.5) is 5.69 Å². The lowest BCUT2D eigenvalue weighted by Gasteiger charge is -2.15. The predicted octanol–water partition coefficient (Wildman–Crippen LogP) is 4.10. The Balaban J connectivity index is 1.67. The van der Waals surface area contributed by atoms with Gasteiger partial charge in [0.2, 0.25) is 0 Å². The van der Waals surface area contributed by atoms with Crippen LogP contribution >= 0.6 is 0 Å². The number of nitrogens with zero attached hydrogens (tertiary/aromatic N) is 1. The van der Waals surface area contributed by atoms with E-state index in [1.165, 1.54) is 0 Å². The minimum Gasteiger partial charge on any atom is -0.348 e. The number of benzene rings is 3. The molecule has 3 aromatic rings. The van der Waals surface area contributed by atoms with Crippen LogP contribution in [0.1, 0.15) is 32.6 Å². The standard InChI is InChI=1S/C25H29N3O3S/c1-18-9-10-19(2)24(15-18)32(30,31)27-23-13-11-20(12-14-23)25(29)26-16-21-7-5-6-8-22(21)17-28(3)4/h5-15,27H,16-17H2,1-4H3,(H,26,29). The second-order valence-corrected chi connectivity index (χ2v) is 9.79. The van der Waals surface area contributed by atoms with Crippen LogP contribution in [0.3, 0.4) is 0 Å². The van der Waals surface area contributed by atoms with Crippen molar-refractivity contribution in [2.75, 3.05) is 18.8 Å². The number of nitrogens with one attached hydrogen (secondary N) is 2. The number of amides is 1. The molecule has 0 atom stereocenters. The van der Waals surface area contributed by atoms with Crippen molar-refractivity contribution in [3.63, 3.8) is 0 Å². The van der Waals surface area contributed by atoms with Gasteiger partial charge in [0.05, 0.1) is 4.90 Å². The highest BCUT2D eigenvalue weighted by atomic mass is 32.2. The molecule has 0 fully saturated rings. The fourth-order valence-corrected chi connectivity index (χ4v) is 4.79. The van der Waals surface area contributed by atoms with Gasteiger partial charge in [0.25, 0.3) is 15.9 Å². The van der Waals surface area contributed by atoms with Crippen molar-refractivity contribution in [1.29, 1.82) is 0 Å². The fraction of sp³-hybridized carbons (Fsp3) is 0.240. The number of carbonyl (C=O) groups is 1. The van der Waals surface area contributed by atoms with E-state index >= 15 is 0 Å². The van der Waals surface area contributed by atoms with Crippen LogP contribution in [0.2, 0.25) is 0 Å². The van der Waals surface area contributed by atoms with Gasteiger partial charge in [0.15, 0.2) is 0 Å². The zero-order chi connectivity index (χ0) is 23.3. The molecule has 2 N–H and O–H groups in total. The summed E-state index contributed by atoms with van der Waals surface area (Å²) in [5.41, 5.74) is 4.63. The topological polar surface area (TPSA) is 78.5 Å². The van der Waals surface area contributed by atoms with Crippen molar-refractivity contribution >= 4 is 21.6 Å². The van der Waals surface area contributed by atoms with E-state index in [-0.39, 0.29) is 10.8 Å². The summed E-state index contributed by atoms with van der Waals surface area (Å²) in [5.74, 6) is -0.214. The second kappa shape index (κ2) is 9.97. The van der Waals surface area contributed by atoms with Gasteiger partial charge < -0.3 is 10.2 Å². The third-order valence-electron chi connectivity index (χ3n) is 5.08. The number of sulfonamides is 1. The molecular formula is C25H29N3O3S. The first-order chi connectivity index (χ1) is 15.2. The zero-order valence-electron chi connectivity index (χ0n) is 18.8. The lowest BCUT2D eigenvalue weighted by Crippen LogP contribution is -2.24. The molecule has 0 heterocycles. The average molecular weight is 452 g/mol. The molecule has 1 amide bonds. The van der Waals surface area contributed by atoms with E-state index in [9.17, 15) is 13.2 Å². The molecule has 0 aromatic heterocycles. The largest absolute Gasteiger partial charge is 0.348 e. The maximum atomic E-state index is 12.8. The molecule has 0 saturated carbocycles. The Hall–Kier alpha value is -3.16. The minimum atomic E-state index is -3.72. The molecular weight excluding hydrogens is 422 g/mol. The second-order valence-electron chi connectivity index (χ2n) is 8.14. The van der Waals surface area contributed by atoms with Crippen LogP contribution in [0.5, 0.6) is 0 Å². The molecule has 3 rings (SSSR count). The van der Waals surface area contributed by atoms with Gasteiger partial charge in [-0.15, -0.1) is 0 Å². The molecule has 0 aliphatic carbocycles. The summed E-state index contributed by atoms with van der Waals surface area (Å²) in [5, 5.41) is 2.94. The number of anilines is 1. The Morgan fingerprint density at radius 3 is 2.22 bits per heavy atom. The van der Waals surface area contributed by atoms with E-state index in [0.29, 0.717) is 23.4 Å². The summed E-state index contributed by atoms with van der Waals surface area (Å²) in [6, 6.07) is 19.7. The van der Waals surface area contributed by atoms with Gasteiger partial charge >= 0.3 is 0 Å². The Morgan fingerprint density at radius 1 is 0.906 bits per heavy atom. The van der Waals surface area contributed by atoms with Crippen molar-refractivity contribution in [3.8, 4) is 0 Å². The molecule has 6 nitrogen and oxygen atoms in total. The summed E-state index contributed by atoms with van der Waals surface area (Å²) in [4.78, 5) is 14.9. The average Bonchev–Trinajstić information content (AvgIpc) is 2.74. The molecule has 0 aliphatic heterocycles. The number of rotatable bonds is 8. The summed E-state index contributed by atoms with van der Waals surface area (Å²) >= 11 is 0. The van der Waals surface area contributed by atoms with Crippen molar-refractivity contribution in [1.82, 2.24) is 10.2 Å². The lowest BCUT2D eigenvalue weighted by atomic mass is 10.1. The Labute approximate surface area is 190 Å². The first kappa shape index (κ1) is 23.5. The van der Waals surface area contributed by atoms with Gasteiger partial charge in [-0.3, -0.25) is 9.52 Å². The van der Waals surface area contributed by atoms with Gasteiger partial charge in [-0.25, -0.2) is 8.42 Å². The zero-order valence-corrected chi connectivity index (χ0v) is 19.7. The number of aryl methyl sites for hydroxylation is 2. The van der Waals surface area contributed by atoms with E-state index in [0.717, 1.165) is 23.2 Å². The maximum Gasteiger partial charge on any atom is 0.262 e. The Kier molecular flexibility index (Phi) is 7.33. The van der Waals surface area contributed by atoms with Crippen LogP contribution in [0, 0.1) is 13.8 Å². The Bertz CT molecular complexity index is 1200. The van der Waals surface area contributed by atoms with Crippen LogP contribution in [-0.4, -0.2) is 33.3 Å². The van der Waals surface area contributed by atoms with E-state index < -0.39 is 10.0 Å². The van der Waals surface area contributed by atoms with Crippen molar-refractivity contribution in [2.45, 2.75) is 31.8 Å². The Morgan fingerprint density at radius 2 is 1.56 bits per heavy atom. The van der Waals surface area contributed by atoms with E-state index in [4.69, 9.17) is 0 Å². The van der Waals surface area contributed by atoms with Gasteiger partial charge in [-0.05, 0) is 80.5 Å².